The number of hydrogen-bond acceptors (Lipinski definition) is 6. The van der Waals surface area contributed by atoms with Crippen molar-refractivity contribution in [2.45, 2.75) is 26.0 Å². The molecule has 8 heteroatoms. The minimum absolute atomic E-state index is 0.272. The first-order valence-electron chi connectivity index (χ1n) is 8.70. The number of aromatic nitrogens is 3. The Kier molecular flexibility index (Phi) is 7.00. The van der Waals surface area contributed by atoms with Crippen molar-refractivity contribution in [1.82, 2.24) is 19.9 Å². The molecule has 1 aliphatic carbocycles. The summed E-state index contributed by atoms with van der Waals surface area (Å²) in [5.41, 5.74) is 2.83. The van der Waals surface area contributed by atoms with Crippen molar-refractivity contribution in [2.24, 2.45) is 0 Å². The molecule has 0 unspecified atom stereocenters. The third-order valence-electron chi connectivity index (χ3n) is 4.16. The molecule has 2 heterocycles. The molecule has 7 nitrogen and oxygen atoms in total. The zero-order chi connectivity index (χ0) is 19.1. The number of nitrogens with zero attached hydrogens (tertiary/aromatic N) is 3. The van der Waals surface area contributed by atoms with Gasteiger partial charge >= 0.3 is 0 Å². The molecular formula is C19H23ClN4O3. The summed E-state index contributed by atoms with van der Waals surface area (Å²) in [6, 6.07) is 3.73. The highest BCUT2D eigenvalue weighted by Crippen LogP contribution is 2.29. The van der Waals surface area contributed by atoms with Gasteiger partial charge in [0, 0.05) is 11.8 Å². The number of pyridine rings is 1. The molecular weight excluding hydrogens is 368 g/mol. The second-order valence-corrected chi connectivity index (χ2v) is 6.43. The Bertz CT molecular complexity index is 815. The lowest BCUT2D eigenvalue weighted by atomic mass is 10.0. The van der Waals surface area contributed by atoms with Gasteiger partial charge in [0.15, 0.2) is 0 Å². The second-order valence-electron chi connectivity index (χ2n) is 5.99. The molecule has 0 radical (unpaired) electrons. The molecule has 0 aromatic carbocycles. The Balaban J connectivity index is 1.92. The number of allylic oxidation sites excluding steroid dienone is 3. The fourth-order valence-electron chi connectivity index (χ4n) is 2.86. The quantitative estimate of drug-likeness (QED) is 0.306. The van der Waals surface area contributed by atoms with Crippen LogP contribution in [0.5, 0.6) is 0 Å². The molecule has 0 fully saturated rings. The Labute approximate surface area is 163 Å². The van der Waals surface area contributed by atoms with Gasteiger partial charge in [0.25, 0.3) is 0 Å². The van der Waals surface area contributed by atoms with E-state index >= 15 is 0 Å². The van der Waals surface area contributed by atoms with Crippen LogP contribution in [0.25, 0.3) is 5.57 Å². The maximum Gasteiger partial charge on any atom is 0.140 e. The monoisotopic (exact) mass is 390 g/mol. The van der Waals surface area contributed by atoms with Crippen LogP contribution in [0.4, 0.5) is 0 Å². The minimum atomic E-state index is 0.272. The van der Waals surface area contributed by atoms with Gasteiger partial charge in [0.2, 0.25) is 0 Å². The lowest BCUT2D eigenvalue weighted by molar-refractivity contribution is -0.308. The number of nitrogens with one attached hydrogen (secondary N) is 1. The van der Waals surface area contributed by atoms with E-state index in [4.69, 9.17) is 26.1 Å². The molecule has 1 aliphatic rings. The van der Waals surface area contributed by atoms with E-state index in [1.807, 2.05) is 18.2 Å². The van der Waals surface area contributed by atoms with Crippen LogP contribution in [0, 0.1) is 0 Å². The fourth-order valence-corrected chi connectivity index (χ4v) is 2.97. The number of imidazole rings is 1. The first-order chi connectivity index (χ1) is 13.2. The Morgan fingerprint density at radius 3 is 2.85 bits per heavy atom. The summed E-state index contributed by atoms with van der Waals surface area (Å²) >= 11 is 5.96. The number of ether oxygens (including phenoxy) is 1. The van der Waals surface area contributed by atoms with Gasteiger partial charge in [-0.15, -0.1) is 0 Å². The van der Waals surface area contributed by atoms with Gasteiger partial charge < -0.3 is 9.30 Å². The van der Waals surface area contributed by atoms with Crippen molar-refractivity contribution in [3.63, 3.8) is 0 Å². The molecule has 0 amide bonds. The summed E-state index contributed by atoms with van der Waals surface area (Å²) in [6.07, 6.45) is 9.35. The molecule has 144 valence electrons. The van der Waals surface area contributed by atoms with Gasteiger partial charge in [-0.3, -0.25) is 10.3 Å². The van der Waals surface area contributed by atoms with Crippen LogP contribution in [-0.4, -0.2) is 35.4 Å². The molecule has 0 spiro atoms. The molecule has 0 saturated heterocycles. The third kappa shape index (κ3) is 4.95. The van der Waals surface area contributed by atoms with Gasteiger partial charge in [-0.2, -0.15) is 0 Å². The average Bonchev–Trinajstić information content (AvgIpc) is 3.09. The number of hydrogen-bond donors (Lipinski definition) is 1. The van der Waals surface area contributed by atoms with E-state index in [9.17, 15) is 0 Å². The van der Waals surface area contributed by atoms with Crippen molar-refractivity contribution < 1.29 is 14.5 Å². The van der Waals surface area contributed by atoms with Gasteiger partial charge in [0.1, 0.15) is 24.9 Å². The van der Waals surface area contributed by atoms with Crippen molar-refractivity contribution >= 4 is 17.2 Å². The highest BCUT2D eigenvalue weighted by molar-refractivity contribution is 6.30. The first-order valence-corrected chi connectivity index (χ1v) is 9.08. The molecule has 3 rings (SSSR count). The molecule has 2 aromatic heterocycles. The maximum atomic E-state index is 5.96. The van der Waals surface area contributed by atoms with Gasteiger partial charge in [-0.1, -0.05) is 17.7 Å². The van der Waals surface area contributed by atoms with E-state index in [0.29, 0.717) is 18.3 Å². The smallest absolute Gasteiger partial charge is 0.140 e. The van der Waals surface area contributed by atoms with Crippen LogP contribution in [-0.2, 0) is 27.7 Å². The van der Waals surface area contributed by atoms with Crippen molar-refractivity contribution in [1.29, 1.82) is 0 Å². The lowest BCUT2D eigenvalue weighted by Crippen LogP contribution is -2.14. The third-order valence-corrected chi connectivity index (χ3v) is 4.38. The van der Waals surface area contributed by atoms with Crippen LogP contribution in [0.3, 0.4) is 0 Å². The summed E-state index contributed by atoms with van der Waals surface area (Å²) in [7, 11) is 3.46. The summed E-state index contributed by atoms with van der Waals surface area (Å²) < 4.78 is 7.62. The molecule has 0 bridgehead atoms. The predicted octanol–water partition coefficient (Wildman–Crippen LogP) is 3.31. The zero-order valence-electron chi connectivity index (χ0n) is 15.4. The second kappa shape index (κ2) is 9.66. The molecule has 0 saturated carbocycles. The summed E-state index contributed by atoms with van der Waals surface area (Å²) in [6.45, 7) is 1.12. The van der Waals surface area contributed by atoms with Crippen LogP contribution < -0.4 is 5.32 Å². The fraction of sp³-hybridized carbons (Fsp3) is 0.368. The standard InChI is InChI=1S/C19H23ClN4O3/c1-21-13-27-26-12-16-10-23-19(17-5-3-4-6-18(17)25-2)24(16)11-15-8-7-14(20)9-22-15/h4,6-10,21H,3,5,11-13H2,1-2H3. The topological polar surface area (TPSA) is 70.4 Å². The predicted molar refractivity (Wildman–Crippen MR) is 103 cm³/mol. The Morgan fingerprint density at radius 1 is 1.22 bits per heavy atom. The van der Waals surface area contributed by atoms with E-state index in [1.54, 1.807) is 26.6 Å². The Hall–Kier alpha value is -2.19. The van der Waals surface area contributed by atoms with Gasteiger partial charge in [0.05, 0.1) is 36.3 Å². The summed E-state index contributed by atoms with van der Waals surface area (Å²) in [5, 5.41) is 3.47. The van der Waals surface area contributed by atoms with E-state index in [0.717, 1.165) is 41.4 Å². The molecule has 2 aromatic rings. The Morgan fingerprint density at radius 2 is 2.11 bits per heavy atom. The summed E-state index contributed by atoms with van der Waals surface area (Å²) in [4.78, 5) is 19.4. The van der Waals surface area contributed by atoms with Crippen LogP contribution in [0.15, 0.2) is 42.4 Å². The largest absolute Gasteiger partial charge is 0.496 e. The SMILES string of the molecule is CNCOOCc1cnc(C2=C(OC)C=CCC2)n1Cc1ccc(Cl)cn1. The first kappa shape index (κ1) is 19.6. The normalized spacial score (nSPS) is 14.0. The van der Waals surface area contributed by atoms with E-state index in [2.05, 4.69) is 25.9 Å². The van der Waals surface area contributed by atoms with Crippen LogP contribution >= 0.6 is 11.6 Å². The average molecular weight is 391 g/mol. The van der Waals surface area contributed by atoms with Crippen molar-refractivity contribution in [3.8, 4) is 0 Å². The van der Waals surface area contributed by atoms with Gasteiger partial charge in [-0.25, -0.2) is 14.8 Å². The highest BCUT2D eigenvalue weighted by atomic mass is 35.5. The lowest BCUT2D eigenvalue weighted by Gasteiger charge is -2.17. The van der Waals surface area contributed by atoms with E-state index in [1.165, 1.54) is 0 Å². The van der Waals surface area contributed by atoms with Crippen molar-refractivity contribution in [3.05, 3.63) is 64.7 Å². The number of rotatable bonds is 9. The molecule has 0 aliphatic heterocycles. The van der Waals surface area contributed by atoms with Crippen LogP contribution in [0.1, 0.15) is 30.1 Å². The molecule has 0 atom stereocenters. The number of halogens is 1. The van der Waals surface area contributed by atoms with Gasteiger partial charge in [-0.05, 0) is 38.1 Å². The zero-order valence-corrected chi connectivity index (χ0v) is 16.2. The number of methoxy groups -OCH3 is 1. The van der Waals surface area contributed by atoms with E-state index in [-0.39, 0.29) is 6.61 Å². The molecule has 27 heavy (non-hydrogen) atoms. The minimum Gasteiger partial charge on any atom is -0.496 e. The highest BCUT2D eigenvalue weighted by Gasteiger charge is 2.20. The summed E-state index contributed by atoms with van der Waals surface area (Å²) in [5.74, 6) is 1.68. The maximum absolute atomic E-state index is 5.96. The van der Waals surface area contributed by atoms with Crippen molar-refractivity contribution in [2.75, 3.05) is 20.9 Å². The molecule has 1 N–H and O–H groups in total. The van der Waals surface area contributed by atoms with E-state index < -0.39 is 0 Å². The van der Waals surface area contributed by atoms with Crippen LogP contribution in [0.2, 0.25) is 5.02 Å².